The number of thiazole rings is 1. The van der Waals surface area contributed by atoms with Crippen LogP contribution in [-0.4, -0.2) is 57.5 Å². The summed E-state index contributed by atoms with van der Waals surface area (Å²) in [5.41, 5.74) is 0. The van der Waals surface area contributed by atoms with Gasteiger partial charge >= 0.3 is 12.0 Å². The van der Waals surface area contributed by atoms with E-state index in [1.165, 1.54) is 48.8 Å². The van der Waals surface area contributed by atoms with Crippen molar-refractivity contribution < 1.29 is 19.4 Å². The summed E-state index contributed by atoms with van der Waals surface area (Å²) in [4.78, 5) is 30.6. The molecule has 0 spiro atoms. The first-order valence-electron chi connectivity index (χ1n) is 11.6. The van der Waals surface area contributed by atoms with Gasteiger partial charge in [-0.1, -0.05) is 37.0 Å². The van der Waals surface area contributed by atoms with Crippen LogP contribution < -0.4 is 5.32 Å². The van der Waals surface area contributed by atoms with Crippen LogP contribution in [0.3, 0.4) is 0 Å². The van der Waals surface area contributed by atoms with E-state index in [-0.39, 0.29) is 18.5 Å². The zero-order valence-corrected chi connectivity index (χ0v) is 20.0. The Morgan fingerprint density at radius 2 is 1.84 bits per heavy atom. The molecule has 1 aromatic rings. The molecular weight excluding hydrogens is 434 g/mol. The number of aromatic nitrogens is 1. The maximum atomic E-state index is 13.4. The predicted octanol–water partition coefficient (Wildman–Crippen LogP) is 5.61. The Hall–Kier alpha value is -1.32. The summed E-state index contributed by atoms with van der Waals surface area (Å²) < 4.78 is 6.74. The van der Waals surface area contributed by atoms with Crippen LogP contribution in [0.5, 0.6) is 0 Å². The summed E-state index contributed by atoms with van der Waals surface area (Å²) in [6.07, 6.45) is 13.2. The largest absolute Gasteiger partial charge is 0.481 e. The first kappa shape index (κ1) is 24.3. The number of nitrogens with zero attached hydrogens (tertiary/aromatic N) is 2. The van der Waals surface area contributed by atoms with E-state index >= 15 is 0 Å². The van der Waals surface area contributed by atoms with Gasteiger partial charge < -0.3 is 14.7 Å². The Bertz CT molecular complexity index is 699. The number of ether oxygens (including phenoxy) is 1. The number of amides is 2. The zero-order chi connectivity index (χ0) is 22.1. The number of hydrogen-bond acceptors (Lipinski definition) is 6. The number of carbonyl (C=O) groups excluding carboxylic acids is 1. The number of hydrogen-bond donors (Lipinski definition) is 2. The van der Waals surface area contributed by atoms with Crippen molar-refractivity contribution >= 4 is 40.2 Å². The lowest BCUT2D eigenvalue weighted by atomic mass is 9.90. The number of carboxylic acids is 1. The summed E-state index contributed by atoms with van der Waals surface area (Å²) in [6.45, 7) is 2.79. The standard InChI is InChI=1S/C22H35N3O4S2/c1-2-29-18-11-9-17(10-12-18)25(16-7-5-3-4-6-8-16)22(28)24-21-23-15-20(31-21)30-14-13-19(26)27/h15-18H,2-14H2,1H3,(H,26,27)(H,23,24,28). The van der Waals surface area contributed by atoms with Crippen LogP contribution in [0, 0.1) is 0 Å². The van der Waals surface area contributed by atoms with Crippen LogP contribution in [-0.2, 0) is 9.53 Å². The number of thioether (sulfide) groups is 1. The van der Waals surface area contributed by atoms with Gasteiger partial charge in [-0.15, -0.1) is 11.8 Å². The minimum atomic E-state index is -0.802. The Morgan fingerprint density at radius 1 is 1.16 bits per heavy atom. The van der Waals surface area contributed by atoms with E-state index in [0.717, 1.165) is 49.3 Å². The molecule has 0 aromatic carbocycles. The number of carboxylic acid groups (broad SMARTS) is 1. The minimum Gasteiger partial charge on any atom is -0.481 e. The molecule has 1 aromatic heterocycles. The van der Waals surface area contributed by atoms with Crippen molar-refractivity contribution in [1.82, 2.24) is 9.88 Å². The van der Waals surface area contributed by atoms with Crippen molar-refractivity contribution in [3.8, 4) is 0 Å². The van der Waals surface area contributed by atoms with Gasteiger partial charge in [0, 0.05) is 24.4 Å². The normalized spacial score (nSPS) is 22.6. The van der Waals surface area contributed by atoms with E-state index < -0.39 is 5.97 Å². The molecule has 1 heterocycles. The van der Waals surface area contributed by atoms with Gasteiger partial charge in [0.25, 0.3) is 0 Å². The van der Waals surface area contributed by atoms with Gasteiger partial charge in [-0.2, -0.15) is 0 Å². The average Bonchev–Trinajstić information content (AvgIpc) is 3.01. The third-order valence-corrected chi connectivity index (χ3v) is 8.26. The summed E-state index contributed by atoms with van der Waals surface area (Å²) in [7, 11) is 0. The molecule has 0 aliphatic heterocycles. The van der Waals surface area contributed by atoms with Crippen LogP contribution in [0.2, 0.25) is 0 Å². The first-order valence-corrected chi connectivity index (χ1v) is 13.4. The molecule has 2 aliphatic carbocycles. The van der Waals surface area contributed by atoms with E-state index in [0.29, 0.717) is 23.0 Å². The van der Waals surface area contributed by atoms with E-state index in [9.17, 15) is 9.59 Å². The molecule has 2 N–H and O–H groups in total. The molecule has 174 valence electrons. The van der Waals surface area contributed by atoms with Crippen molar-refractivity contribution in [2.75, 3.05) is 17.7 Å². The quantitative estimate of drug-likeness (QED) is 0.360. The number of carbonyl (C=O) groups is 2. The molecule has 0 bridgehead atoms. The highest BCUT2D eigenvalue weighted by atomic mass is 32.2. The van der Waals surface area contributed by atoms with Crippen molar-refractivity contribution in [3.63, 3.8) is 0 Å². The van der Waals surface area contributed by atoms with Crippen LogP contribution >= 0.6 is 23.1 Å². The second kappa shape index (κ2) is 12.6. The molecule has 7 nitrogen and oxygen atoms in total. The van der Waals surface area contributed by atoms with Crippen molar-refractivity contribution in [3.05, 3.63) is 6.20 Å². The van der Waals surface area contributed by atoms with Crippen molar-refractivity contribution in [2.24, 2.45) is 0 Å². The second-order valence-corrected chi connectivity index (χ2v) is 10.8. The summed E-state index contributed by atoms with van der Waals surface area (Å²) >= 11 is 2.88. The van der Waals surface area contributed by atoms with E-state index in [1.54, 1.807) is 6.20 Å². The fourth-order valence-electron chi connectivity index (χ4n) is 4.67. The Morgan fingerprint density at radius 3 is 2.48 bits per heavy atom. The number of aliphatic carboxylic acids is 1. The highest BCUT2D eigenvalue weighted by Crippen LogP contribution is 2.33. The molecule has 9 heteroatoms. The third-order valence-electron chi connectivity index (χ3n) is 6.15. The van der Waals surface area contributed by atoms with E-state index in [1.807, 2.05) is 6.92 Å². The lowest BCUT2D eigenvalue weighted by molar-refractivity contribution is -0.136. The SMILES string of the molecule is CCOC1CCC(N(C(=O)Nc2ncc(SCCC(=O)O)s2)C2CCCCCC2)CC1. The highest BCUT2D eigenvalue weighted by Gasteiger charge is 2.34. The molecule has 0 radical (unpaired) electrons. The second-order valence-electron chi connectivity index (χ2n) is 8.35. The maximum absolute atomic E-state index is 13.4. The molecule has 0 atom stereocenters. The molecule has 0 saturated heterocycles. The summed E-state index contributed by atoms with van der Waals surface area (Å²) in [5, 5.41) is 12.4. The molecule has 2 aliphatic rings. The van der Waals surface area contributed by atoms with Gasteiger partial charge in [0.1, 0.15) is 0 Å². The van der Waals surface area contributed by atoms with E-state index in [4.69, 9.17) is 9.84 Å². The molecule has 2 fully saturated rings. The zero-order valence-electron chi connectivity index (χ0n) is 18.4. The van der Waals surface area contributed by atoms with Gasteiger partial charge in [0.2, 0.25) is 0 Å². The average molecular weight is 470 g/mol. The Kier molecular flexibility index (Phi) is 9.93. The van der Waals surface area contributed by atoms with Gasteiger partial charge in [0.15, 0.2) is 5.13 Å². The Balaban J connectivity index is 1.63. The molecule has 0 unspecified atom stereocenters. The van der Waals surface area contributed by atoms with Gasteiger partial charge in [-0.05, 0) is 45.4 Å². The monoisotopic (exact) mass is 469 g/mol. The Labute approximate surface area is 193 Å². The van der Waals surface area contributed by atoms with Crippen LogP contribution in [0.25, 0.3) is 0 Å². The number of nitrogens with one attached hydrogen (secondary N) is 1. The predicted molar refractivity (Wildman–Crippen MR) is 125 cm³/mol. The van der Waals surface area contributed by atoms with Crippen molar-refractivity contribution in [2.45, 2.75) is 99.9 Å². The van der Waals surface area contributed by atoms with Gasteiger partial charge in [-0.25, -0.2) is 9.78 Å². The van der Waals surface area contributed by atoms with Gasteiger partial charge in [-0.3, -0.25) is 10.1 Å². The fourth-order valence-corrected chi connectivity index (χ4v) is 6.54. The summed E-state index contributed by atoms with van der Waals surface area (Å²) in [6, 6.07) is 0.507. The lowest BCUT2D eigenvalue weighted by Crippen LogP contribution is -2.50. The molecule has 2 amide bonds. The van der Waals surface area contributed by atoms with Crippen LogP contribution in [0.15, 0.2) is 10.4 Å². The number of rotatable bonds is 9. The van der Waals surface area contributed by atoms with Crippen LogP contribution in [0.1, 0.15) is 77.6 Å². The fraction of sp³-hybridized carbons (Fsp3) is 0.773. The van der Waals surface area contributed by atoms with E-state index in [2.05, 4.69) is 15.2 Å². The number of anilines is 1. The topological polar surface area (TPSA) is 91.8 Å². The molecule has 2 saturated carbocycles. The van der Waals surface area contributed by atoms with Crippen LogP contribution in [0.4, 0.5) is 9.93 Å². The molecular formula is C22H35N3O4S2. The van der Waals surface area contributed by atoms with Gasteiger partial charge in [0.05, 0.1) is 22.9 Å². The third kappa shape index (κ3) is 7.64. The highest BCUT2D eigenvalue weighted by molar-refractivity contribution is 8.01. The first-order chi connectivity index (χ1) is 15.1. The molecule has 3 rings (SSSR count). The van der Waals surface area contributed by atoms with Crippen molar-refractivity contribution in [1.29, 1.82) is 0 Å². The smallest absolute Gasteiger partial charge is 0.324 e. The lowest BCUT2D eigenvalue weighted by Gasteiger charge is -2.41. The number of urea groups is 1. The summed E-state index contributed by atoms with van der Waals surface area (Å²) in [5.74, 6) is -0.300. The molecule has 31 heavy (non-hydrogen) atoms. The minimum absolute atomic E-state index is 0.0387. The maximum Gasteiger partial charge on any atom is 0.324 e.